The Morgan fingerprint density at radius 2 is 1.73 bits per heavy atom. The Labute approximate surface area is 88.4 Å². The summed E-state index contributed by atoms with van der Waals surface area (Å²) in [7, 11) is 0. The molecule has 0 amide bonds. The van der Waals surface area contributed by atoms with Gasteiger partial charge in [-0.05, 0) is 38.5 Å². The number of hydrogen-bond donors (Lipinski definition) is 1. The second-order valence-corrected chi connectivity index (χ2v) is 5.06. The maximum absolute atomic E-state index is 12.7. The van der Waals surface area contributed by atoms with Crippen LogP contribution in [0.4, 0.5) is 13.2 Å². The lowest BCUT2D eigenvalue weighted by Gasteiger charge is -2.28. The highest BCUT2D eigenvalue weighted by Gasteiger charge is 2.63. The molecule has 2 aliphatic carbocycles. The fourth-order valence-corrected chi connectivity index (χ4v) is 2.65. The molecule has 0 bridgehead atoms. The lowest BCUT2D eigenvalue weighted by atomic mass is 9.98. The zero-order valence-corrected chi connectivity index (χ0v) is 9.03. The predicted molar refractivity (Wildman–Crippen MR) is 52.6 cm³/mol. The average molecular weight is 221 g/mol. The standard InChI is InChI=1S/C11H18F3N/c1-8(9-4-2-3-5-9)15-10(6-7-10)11(12,13)14/h8-9,15H,2-7H2,1H3. The molecule has 2 aliphatic rings. The van der Waals surface area contributed by atoms with Crippen molar-refractivity contribution < 1.29 is 13.2 Å². The Morgan fingerprint density at radius 3 is 2.13 bits per heavy atom. The minimum absolute atomic E-state index is 0.0108. The molecule has 0 saturated heterocycles. The Kier molecular flexibility index (Phi) is 2.73. The maximum Gasteiger partial charge on any atom is 0.406 e. The van der Waals surface area contributed by atoms with Gasteiger partial charge >= 0.3 is 6.18 Å². The molecule has 2 fully saturated rings. The summed E-state index contributed by atoms with van der Waals surface area (Å²) in [6.45, 7) is 1.90. The maximum atomic E-state index is 12.7. The monoisotopic (exact) mass is 221 g/mol. The predicted octanol–water partition coefficient (Wildman–Crippen LogP) is 3.25. The van der Waals surface area contributed by atoms with Crippen LogP contribution in [0.15, 0.2) is 0 Å². The Bertz CT molecular complexity index is 226. The highest BCUT2D eigenvalue weighted by molar-refractivity contribution is 5.09. The molecule has 15 heavy (non-hydrogen) atoms. The van der Waals surface area contributed by atoms with Gasteiger partial charge in [0.05, 0.1) is 0 Å². The summed E-state index contributed by atoms with van der Waals surface area (Å²) in [5.74, 6) is 0.449. The summed E-state index contributed by atoms with van der Waals surface area (Å²) in [6.07, 6.45) is 0.969. The van der Waals surface area contributed by atoms with Crippen molar-refractivity contribution in [3.05, 3.63) is 0 Å². The SMILES string of the molecule is CC(NC1(C(F)(F)F)CC1)C1CCCC1. The Balaban J connectivity index is 1.91. The molecule has 0 aromatic heterocycles. The van der Waals surface area contributed by atoms with Crippen molar-refractivity contribution in [3.8, 4) is 0 Å². The van der Waals surface area contributed by atoms with E-state index >= 15 is 0 Å². The summed E-state index contributed by atoms with van der Waals surface area (Å²) in [4.78, 5) is 0. The fourth-order valence-electron chi connectivity index (χ4n) is 2.65. The number of alkyl halides is 3. The largest absolute Gasteiger partial charge is 0.406 e. The van der Waals surface area contributed by atoms with Gasteiger partial charge in [-0.1, -0.05) is 12.8 Å². The van der Waals surface area contributed by atoms with Crippen molar-refractivity contribution in [2.45, 2.75) is 63.2 Å². The van der Waals surface area contributed by atoms with E-state index in [0.29, 0.717) is 5.92 Å². The molecule has 0 aromatic carbocycles. The van der Waals surface area contributed by atoms with Gasteiger partial charge in [0.15, 0.2) is 0 Å². The van der Waals surface area contributed by atoms with Crippen molar-refractivity contribution >= 4 is 0 Å². The van der Waals surface area contributed by atoms with E-state index < -0.39 is 11.7 Å². The lowest BCUT2D eigenvalue weighted by molar-refractivity contribution is -0.168. The van der Waals surface area contributed by atoms with Crippen molar-refractivity contribution in [3.63, 3.8) is 0 Å². The molecule has 1 N–H and O–H groups in total. The number of halogens is 3. The van der Waals surface area contributed by atoms with Crippen molar-refractivity contribution in [2.24, 2.45) is 5.92 Å². The Morgan fingerprint density at radius 1 is 1.20 bits per heavy atom. The molecule has 0 heterocycles. The quantitative estimate of drug-likeness (QED) is 0.771. The van der Waals surface area contributed by atoms with E-state index in [1.165, 1.54) is 12.8 Å². The molecule has 4 heteroatoms. The third-order valence-corrected chi connectivity index (χ3v) is 3.90. The van der Waals surface area contributed by atoms with E-state index in [4.69, 9.17) is 0 Å². The topological polar surface area (TPSA) is 12.0 Å². The molecule has 88 valence electrons. The van der Waals surface area contributed by atoms with E-state index in [2.05, 4.69) is 5.32 Å². The Hall–Kier alpha value is -0.250. The summed E-state index contributed by atoms with van der Waals surface area (Å²) in [5, 5.41) is 2.82. The number of hydrogen-bond acceptors (Lipinski definition) is 1. The van der Waals surface area contributed by atoms with Gasteiger partial charge in [0, 0.05) is 6.04 Å². The van der Waals surface area contributed by atoms with Crippen molar-refractivity contribution in [1.29, 1.82) is 0 Å². The first kappa shape index (κ1) is 11.2. The van der Waals surface area contributed by atoms with Gasteiger partial charge < -0.3 is 5.32 Å². The lowest BCUT2D eigenvalue weighted by Crippen LogP contribution is -2.50. The van der Waals surface area contributed by atoms with E-state index in [1.54, 1.807) is 0 Å². The summed E-state index contributed by atoms with van der Waals surface area (Å²) < 4.78 is 38.0. The van der Waals surface area contributed by atoms with Crippen LogP contribution in [0.3, 0.4) is 0 Å². The van der Waals surface area contributed by atoms with Gasteiger partial charge in [-0.15, -0.1) is 0 Å². The first-order valence-corrected chi connectivity index (χ1v) is 5.79. The number of nitrogens with one attached hydrogen (secondary N) is 1. The van der Waals surface area contributed by atoms with E-state index in [1.807, 2.05) is 6.92 Å². The third kappa shape index (κ3) is 2.14. The highest BCUT2D eigenvalue weighted by Crippen LogP contribution is 2.49. The van der Waals surface area contributed by atoms with E-state index in [0.717, 1.165) is 12.8 Å². The molecule has 1 atom stereocenters. The molecule has 2 rings (SSSR count). The molecule has 1 unspecified atom stereocenters. The zero-order valence-electron chi connectivity index (χ0n) is 9.03. The summed E-state index contributed by atoms with van der Waals surface area (Å²) in [5.41, 5.74) is -1.53. The van der Waals surface area contributed by atoms with Crippen LogP contribution in [-0.4, -0.2) is 17.8 Å². The van der Waals surface area contributed by atoms with Crippen LogP contribution < -0.4 is 5.32 Å². The summed E-state index contributed by atoms with van der Waals surface area (Å²) >= 11 is 0. The summed E-state index contributed by atoms with van der Waals surface area (Å²) in [6, 6.07) is 0.0108. The van der Waals surface area contributed by atoms with Gasteiger partial charge in [-0.25, -0.2) is 0 Å². The van der Waals surface area contributed by atoms with Crippen LogP contribution in [0, 0.1) is 5.92 Å². The fraction of sp³-hybridized carbons (Fsp3) is 1.00. The van der Waals surface area contributed by atoms with Crippen LogP contribution in [0.2, 0.25) is 0 Å². The molecule has 0 aliphatic heterocycles. The van der Waals surface area contributed by atoms with E-state index in [-0.39, 0.29) is 18.9 Å². The van der Waals surface area contributed by atoms with Gasteiger partial charge in [-0.3, -0.25) is 0 Å². The second-order valence-electron chi connectivity index (χ2n) is 5.06. The minimum Gasteiger partial charge on any atom is -0.301 e. The number of rotatable bonds is 3. The molecule has 0 radical (unpaired) electrons. The van der Waals surface area contributed by atoms with Crippen LogP contribution in [-0.2, 0) is 0 Å². The van der Waals surface area contributed by atoms with E-state index in [9.17, 15) is 13.2 Å². The van der Waals surface area contributed by atoms with Crippen LogP contribution >= 0.6 is 0 Å². The van der Waals surface area contributed by atoms with Gasteiger partial charge in [0.25, 0.3) is 0 Å². The normalized spacial score (nSPS) is 28.0. The zero-order chi connectivity index (χ0) is 11.1. The van der Waals surface area contributed by atoms with Crippen LogP contribution in [0.5, 0.6) is 0 Å². The highest BCUT2D eigenvalue weighted by atomic mass is 19.4. The smallest absolute Gasteiger partial charge is 0.301 e. The molecular weight excluding hydrogens is 203 g/mol. The molecule has 0 aromatic rings. The van der Waals surface area contributed by atoms with Gasteiger partial charge in [0.2, 0.25) is 0 Å². The van der Waals surface area contributed by atoms with Crippen LogP contribution in [0.1, 0.15) is 45.4 Å². The van der Waals surface area contributed by atoms with Crippen LogP contribution in [0.25, 0.3) is 0 Å². The van der Waals surface area contributed by atoms with Gasteiger partial charge in [-0.2, -0.15) is 13.2 Å². The second kappa shape index (κ2) is 3.65. The third-order valence-electron chi connectivity index (χ3n) is 3.90. The minimum atomic E-state index is -4.07. The average Bonchev–Trinajstić information content (AvgIpc) is 2.74. The van der Waals surface area contributed by atoms with Gasteiger partial charge in [0.1, 0.15) is 5.54 Å². The molecule has 1 nitrogen and oxygen atoms in total. The van der Waals surface area contributed by atoms with Crippen molar-refractivity contribution in [2.75, 3.05) is 0 Å². The molecule has 0 spiro atoms. The molecular formula is C11H18F3N. The van der Waals surface area contributed by atoms with Crippen molar-refractivity contribution in [1.82, 2.24) is 5.32 Å². The molecule has 2 saturated carbocycles. The first-order valence-electron chi connectivity index (χ1n) is 5.79. The first-order chi connectivity index (χ1) is 6.95.